The van der Waals surface area contributed by atoms with E-state index in [1.807, 2.05) is 0 Å². The normalized spacial score (nSPS) is 20.9. The van der Waals surface area contributed by atoms with Gasteiger partial charge in [0.2, 0.25) is 0 Å². The van der Waals surface area contributed by atoms with Crippen LogP contribution in [-0.2, 0) is 0 Å². The summed E-state index contributed by atoms with van der Waals surface area (Å²) in [5, 5.41) is 0. The Labute approximate surface area is 75.8 Å². The molecule has 0 amide bonds. The predicted octanol–water partition coefficient (Wildman–Crippen LogP) is 1.61. The van der Waals surface area contributed by atoms with Crippen LogP contribution in [0.4, 0.5) is 0 Å². The third kappa shape index (κ3) is 1.74. The number of nitrogens with zero attached hydrogens (tertiary/aromatic N) is 2. The van der Waals surface area contributed by atoms with Crippen molar-refractivity contribution in [2.24, 2.45) is 11.8 Å². The molecule has 0 aliphatic carbocycles. The Bertz CT molecular complexity index is 161. The van der Waals surface area contributed by atoms with Crippen molar-refractivity contribution in [1.29, 1.82) is 0 Å². The first-order chi connectivity index (χ1) is 5.52. The van der Waals surface area contributed by atoms with Crippen molar-refractivity contribution in [3.8, 4) is 0 Å². The van der Waals surface area contributed by atoms with Gasteiger partial charge in [0.25, 0.3) is 0 Å². The van der Waals surface area contributed by atoms with Gasteiger partial charge in [-0.3, -0.25) is 0 Å². The van der Waals surface area contributed by atoms with E-state index in [2.05, 4.69) is 44.3 Å². The molecule has 0 spiro atoms. The lowest BCUT2D eigenvalue weighted by atomic mass is 9.93. The molecule has 1 aliphatic heterocycles. The molecule has 0 aromatic heterocycles. The van der Waals surface area contributed by atoms with Gasteiger partial charge in [-0.15, -0.1) is 0 Å². The van der Waals surface area contributed by atoms with Crippen molar-refractivity contribution in [1.82, 2.24) is 9.80 Å². The van der Waals surface area contributed by atoms with E-state index in [0.29, 0.717) is 0 Å². The third-order valence-corrected chi connectivity index (χ3v) is 2.84. The molecule has 70 valence electrons. The Morgan fingerprint density at radius 1 is 1.25 bits per heavy atom. The van der Waals surface area contributed by atoms with Crippen LogP contribution in [0, 0.1) is 11.8 Å². The molecule has 1 aliphatic rings. The lowest BCUT2D eigenvalue weighted by molar-refractivity contribution is 0.127. The van der Waals surface area contributed by atoms with Gasteiger partial charge in [-0.2, -0.15) is 0 Å². The standard InChI is InChI=1S/C10H20N2/c1-8(2)10-6-11(4)9(3)12(5)7-10/h8,10H,3,6-7H2,1-2,4-5H3. The van der Waals surface area contributed by atoms with Gasteiger partial charge in [0, 0.05) is 27.2 Å². The summed E-state index contributed by atoms with van der Waals surface area (Å²) in [6.07, 6.45) is 0. The summed E-state index contributed by atoms with van der Waals surface area (Å²) < 4.78 is 0. The van der Waals surface area contributed by atoms with Crippen molar-refractivity contribution < 1.29 is 0 Å². The zero-order chi connectivity index (χ0) is 9.30. The highest BCUT2D eigenvalue weighted by Crippen LogP contribution is 2.22. The topological polar surface area (TPSA) is 6.48 Å². The van der Waals surface area contributed by atoms with Crippen LogP contribution >= 0.6 is 0 Å². The van der Waals surface area contributed by atoms with Crippen molar-refractivity contribution in [2.75, 3.05) is 27.2 Å². The second kappa shape index (κ2) is 3.38. The van der Waals surface area contributed by atoms with Crippen LogP contribution < -0.4 is 0 Å². The van der Waals surface area contributed by atoms with Gasteiger partial charge in [0.1, 0.15) is 0 Å². The highest BCUT2D eigenvalue weighted by molar-refractivity contribution is 4.97. The fourth-order valence-corrected chi connectivity index (χ4v) is 1.69. The molecule has 0 bridgehead atoms. The van der Waals surface area contributed by atoms with Crippen molar-refractivity contribution >= 4 is 0 Å². The molecule has 0 N–H and O–H groups in total. The molecule has 0 aromatic rings. The van der Waals surface area contributed by atoms with Crippen LogP contribution in [0.25, 0.3) is 0 Å². The minimum Gasteiger partial charge on any atom is -0.361 e. The average Bonchev–Trinajstić information content (AvgIpc) is 1.99. The number of hydrogen-bond donors (Lipinski definition) is 0. The van der Waals surface area contributed by atoms with E-state index < -0.39 is 0 Å². The first-order valence-electron chi connectivity index (χ1n) is 4.63. The predicted molar refractivity (Wildman–Crippen MR) is 52.7 cm³/mol. The molecular weight excluding hydrogens is 148 g/mol. The summed E-state index contributed by atoms with van der Waals surface area (Å²) in [6.45, 7) is 10.9. The molecule has 1 rings (SSSR count). The number of rotatable bonds is 1. The lowest BCUT2D eigenvalue weighted by Crippen LogP contribution is -2.45. The second-order valence-corrected chi connectivity index (χ2v) is 4.18. The summed E-state index contributed by atoms with van der Waals surface area (Å²) in [6, 6.07) is 0. The molecule has 1 fully saturated rings. The lowest BCUT2D eigenvalue weighted by Gasteiger charge is -2.41. The SMILES string of the molecule is C=C1N(C)CC(C(C)C)CN1C. The second-order valence-electron chi connectivity index (χ2n) is 4.18. The third-order valence-electron chi connectivity index (χ3n) is 2.84. The van der Waals surface area contributed by atoms with E-state index in [9.17, 15) is 0 Å². The first kappa shape index (κ1) is 9.43. The Hall–Kier alpha value is -0.660. The molecule has 1 saturated heterocycles. The summed E-state index contributed by atoms with van der Waals surface area (Å²) in [5.74, 6) is 2.69. The van der Waals surface area contributed by atoms with Gasteiger partial charge in [-0.25, -0.2) is 0 Å². The molecule has 2 nitrogen and oxygen atoms in total. The molecule has 1 heterocycles. The van der Waals surface area contributed by atoms with E-state index in [4.69, 9.17) is 0 Å². The molecule has 0 atom stereocenters. The monoisotopic (exact) mass is 168 g/mol. The van der Waals surface area contributed by atoms with E-state index in [0.717, 1.165) is 30.7 Å². The quantitative estimate of drug-likeness (QED) is 0.587. The molecule has 0 aromatic carbocycles. The van der Waals surface area contributed by atoms with E-state index in [-0.39, 0.29) is 0 Å². The van der Waals surface area contributed by atoms with Crippen LogP contribution in [0.2, 0.25) is 0 Å². The van der Waals surface area contributed by atoms with Gasteiger partial charge in [0.15, 0.2) is 0 Å². The molecular formula is C10H20N2. The number of hydrogen-bond acceptors (Lipinski definition) is 2. The van der Waals surface area contributed by atoms with Crippen molar-refractivity contribution in [3.05, 3.63) is 12.4 Å². The zero-order valence-corrected chi connectivity index (χ0v) is 8.67. The Morgan fingerprint density at radius 2 is 1.67 bits per heavy atom. The summed E-state index contributed by atoms with van der Waals surface area (Å²) in [4.78, 5) is 4.49. The average molecular weight is 168 g/mol. The highest BCUT2D eigenvalue weighted by atomic mass is 15.3. The van der Waals surface area contributed by atoms with Gasteiger partial charge in [0.05, 0.1) is 5.82 Å². The molecule has 12 heavy (non-hydrogen) atoms. The first-order valence-corrected chi connectivity index (χ1v) is 4.63. The van der Waals surface area contributed by atoms with Crippen molar-refractivity contribution in [2.45, 2.75) is 13.8 Å². The minimum absolute atomic E-state index is 0.767. The Kier molecular flexibility index (Phi) is 2.65. The Balaban J connectivity index is 2.59. The van der Waals surface area contributed by atoms with Crippen LogP contribution in [0.1, 0.15) is 13.8 Å². The fourth-order valence-electron chi connectivity index (χ4n) is 1.69. The van der Waals surface area contributed by atoms with E-state index in [1.165, 1.54) is 0 Å². The highest BCUT2D eigenvalue weighted by Gasteiger charge is 2.24. The Morgan fingerprint density at radius 3 is 2.00 bits per heavy atom. The maximum atomic E-state index is 4.02. The maximum Gasteiger partial charge on any atom is 0.0960 e. The minimum atomic E-state index is 0.767. The smallest absolute Gasteiger partial charge is 0.0960 e. The van der Waals surface area contributed by atoms with Gasteiger partial charge >= 0.3 is 0 Å². The van der Waals surface area contributed by atoms with E-state index >= 15 is 0 Å². The van der Waals surface area contributed by atoms with Crippen LogP contribution in [0.3, 0.4) is 0 Å². The van der Waals surface area contributed by atoms with Crippen LogP contribution in [-0.4, -0.2) is 37.0 Å². The van der Waals surface area contributed by atoms with Gasteiger partial charge in [-0.05, 0) is 11.8 Å². The molecule has 2 heteroatoms. The van der Waals surface area contributed by atoms with Crippen LogP contribution in [0.15, 0.2) is 12.4 Å². The van der Waals surface area contributed by atoms with Gasteiger partial charge < -0.3 is 9.80 Å². The summed E-state index contributed by atoms with van der Waals surface area (Å²) in [7, 11) is 4.24. The zero-order valence-electron chi connectivity index (χ0n) is 8.67. The van der Waals surface area contributed by atoms with Gasteiger partial charge in [-0.1, -0.05) is 20.4 Å². The fraction of sp³-hybridized carbons (Fsp3) is 0.800. The largest absolute Gasteiger partial charge is 0.361 e. The molecule has 0 saturated carbocycles. The molecule has 0 unspecified atom stereocenters. The molecule has 0 radical (unpaired) electrons. The maximum absolute atomic E-state index is 4.02. The van der Waals surface area contributed by atoms with Crippen LogP contribution in [0.5, 0.6) is 0 Å². The summed E-state index contributed by atoms with van der Waals surface area (Å²) >= 11 is 0. The summed E-state index contributed by atoms with van der Waals surface area (Å²) in [5.41, 5.74) is 0. The van der Waals surface area contributed by atoms with Crippen molar-refractivity contribution in [3.63, 3.8) is 0 Å². The van der Waals surface area contributed by atoms with E-state index in [1.54, 1.807) is 0 Å².